The van der Waals surface area contributed by atoms with Gasteiger partial charge in [0.05, 0.1) is 0 Å². The largest absolute Gasteiger partial charge is 0.135 e. The number of rotatable bonds is 2. The molecule has 2 aromatic heterocycles. The zero-order chi connectivity index (χ0) is 35.0. The average molecular weight is 709 g/mol. The minimum atomic E-state index is -0.132. The van der Waals surface area contributed by atoms with Gasteiger partial charge in [-0.3, -0.25) is 0 Å². The Morgan fingerprint density at radius 2 is 0.830 bits per heavy atom. The molecular weight excluding hydrogens is 677 g/mol. The van der Waals surface area contributed by atoms with Crippen molar-refractivity contribution in [3.8, 4) is 33.4 Å². The molecule has 1 aliphatic rings. The summed E-state index contributed by atoms with van der Waals surface area (Å²) in [5.74, 6) is 0. The van der Waals surface area contributed by atoms with Crippen molar-refractivity contribution in [2.24, 2.45) is 0 Å². The molecule has 0 radical (unpaired) electrons. The Bertz CT molecular complexity index is 3320. The van der Waals surface area contributed by atoms with Gasteiger partial charge < -0.3 is 0 Å². The fraction of sp³-hybridized carbons (Fsp3) is 0.0588. The predicted molar refractivity (Wildman–Crippen MR) is 233 cm³/mol. The molecule has 0 saturated heterocycles. The lowest BCUT2D eigenvalue weighted by Gasteiger charge is -2.23. The highest BCUT2D eigenvalue weighted by Crippen LogP contribution is 2.52. The Morgan fingerprint density at radius 3 is 1.49 bits per heavy atom. The van der Waals surface area contributed by atoms with Crippen molar-refractivity contribution in [2.45, 2.75) is 19.3 Å². The summed E-state index contributed by atoms with van der Waals surface area (Å²) in [6.45, 7) is 4.81. The van der Waals surface area contributed by atoms with E-state index in [0.717, 1.165) is 0 Å². The van der Waals surface area contributed by atoms with Gasteiger partial charge in [0.15, 0.2) is 0 Å². The molecule has 248 valence electrons. The van der Waals surface area contributed by atoms with E-state index < -0.39 is 0 Å². The highest BCUT2D eigenvalue weighted by molar-refractivity contribution is 7.28. The van der Waals surface area contributed by atoms with E-state index in [1.807, 2.05) is 22.7 Å². The first-order chi connectivity index (χ1) is 26.0. The predicted octanol–water partition coefficient (Wildman–Crippen LogP) is 15.5. The molecule has 2 heterocycles. The SMILES string of the molecule is CC1(C)c2cc(-c3ccc4sc5c(ccc6c5ccc5c7ccccc7sc56)c4c3)ccc2-c2ccc(-c3c4ccccc4cc4ccccc34)cc21. The first-order valence-corrected chi connectivity index (χ1v) is 20.0. The molecule has 0 spiro atoms. The number of benzene rings is 9. The molecule has 0 unspecified atom stereocenters. The number of hydrogen-bond acceptors (Lipinski definition) is 2. The molecule has 2 heteroatoms. The van der Waals surface area contributed by atoms with Crippen LogP contribution >= 0.6 is 22.7 Å². The third-order valence-electron chi connectivity index (χ3n) is 12.0. The van der Waals surface area contributed by atoms with Crippen LogP contribution in [0.4, 0.5) is 0 Å². The minimum absolute atomic E-state index is 0.132. The Morgan fingerprint density at radius 1 is 0.358 bits per heavy atom. The van der Waals surface area contributed by atoms with Crippen molar-refractivity contribution >= 4 is 95.3 Å². The highest BCUT2D eigenvalue weighted by atomic mass is 32.1. The van der Waals surface area contributed by atoms with Gasteiger partial charge in [-0.15, -0.1) is 22.7 Å². The number of hydrogen-bond donors (Lipinski definition) is 0. The lowest BCUT2D eigenvalue weighted by molar-refractivity contribution is 0.661. The summed E-state index contributed by atoms with van der Waals surface area (Å²) in [7, 11) is 0. The molecule has 0 N–H and O–H groups in total. The molecule has 0 amide bonds. The molecule has 0 bridgehead atoms. The smallest absolute Gasteiger partial charge is 0.0434 e. The fourth-order valence-corrected chi connectivity index (χ4v) is 11.8. The minimum Gasteiger partial charge on any atom is -0.135 e. The van der Waals surface area contributed by atoms with Crippen molar-refractivity contribution in [3.63, 3.8) is 0 Å². The normalized spacial score (nSPS) is 13.6. The van der Waals surface area contributed by atoms with Gasteiger partial charge in [0, 0.05) is 56.5 Å². The van der Waals surface area contributed by atoms with Crippen LogP contribution in [0, 0.1) is 0 Å². The summed E-state index contributed by atoms with van der Waals surface area (Å²) in [5, 5.41) is 13.3. The summed E-state index contributed by atoms with van der Waals surface area (Å²) < 4.78 is 5.48. The van der Waals surface area contributed by atoms with Crippen LogP contribution in [0.1, 0.15) is 25.0 Å². The van der Waals surface area contributed by atoms with Crippen molar-refractivity contribution in [2.75, 3.05) is 0 Å². The molecule has 12 rings (SSSR count). The quantitative estimate of drug-likeness (QED) is 0.157. The highest BCUT2D eigenvalue weighted by Gasteiger charge is 2.36. The van der Waals surface area contributed by atoms with Gasteiger partial charge in [-0.1, -0.05) is 135 Å². The molecule has 0 aliphatic heterocycles. The molecule has 0 saturated carbocycles. The Kier molecular flexibility index (Phi) is 5.97. The lowest BCUT2D eigenvalue weighted by Crippen LogP contribution is -2.15. The molecule has 53 heavy (non-hydrogen) atoms. The van der Waals surface area contributed by atoms with E-state index in [1.54, 1.807) is 0 Å². The third kappa shape index (κ3) is 4.11. The van der Waals surface area contributed by atoms with E-state index >= 15 is 0 Å². The molecule has 0 atom stereocenters. The number of thiophene rings is 2. The second-order valence-electron chi connectivity index (χ2n) is 15.2. The van der Waals surface area contributed by atoms with Gasteiger partial charge in [-0.05, 0) is 102 Å². The maximum Gasteiger partial charge on any atom is 0.0434 e. The number of fused-ring (bicyclic) bond motifs is 14. The maximum atomic E-state index is 2.48. The van der Waals surface area contributed by atoms with Crippen LogP contribution in [0.5, 0.6) is 0 Å². The molecule has 0 fully saturated rings. The molecular formula is C51H32S2. The summed E-state index contributed by atoms with van der Waals surface area (Å²) in [4.78, 5) is 0. The Hall–Kier alpha value is -5.80. The van der Waals surface area contributed by atoms with Crippen molar-refractivity contribution < 1.29 is 0 Å². The second-order valence-corrected chi connectivity index (χ2v) is 17.3. The molecule has 11 aromatic rings. The van der Waals surface area contributed by atoms with Crippen LogP contribution in [-0.4, -0.2) is 0 Å². The molecule has 9 aromatic carbocycles. The van der Waals surface area contributed by atoms with Crippen molar-refractivity contribution in [1.82, 2.24) is 0 Å². The van der Waals surface area contributed by atoms with Gasteiger partial charge in [0.25, 0.3) is 0 Å². The van der Waals surface area contributed by atoms with Crippen LogP contribution < -0.4 is 0 Å². The lowest BCUT2D eigenvalue weighted by atomic mass is 9.80. The van der Waals surface area contributed by atoms with Crippen LogP contribution in [0.2, 0.25) is 0 Å². The second kappa shape index (κ2) is 10.6. The van der Waals surface area contributed by atoms with Crippen molar-refractivity contribution in [3.05, 3.63) is 169 Å². The molecule has 1 aliphatic carbocycles. The average Bonchev–Trinajstić information content (AvgIpc) is 3.84. The standard InChI is InChI=1S/C51H32S2/c1-51(2)44-27-30(15-18-36(44)37-19-16-33(28-45(37)51)48-34-11-5-3-9-31(34)25-32-10-4-6-12-35(32)48)29-17-24-47-43(26-29)42-23-22-40-41(50(42)53-47)21-20-39-38-13-7-8-14-46(38)52-49(39)40/h3-28H,1-2H3. The maximum absolute atomic E-state index is 2.48. The van der Waals surface area contributed by atoms with Gasteiger partial charge in [0.1, 0.15) is 0 Å². The zero-order valence-electron chi connectivity index (χ0n) is 29.3. The first-order valence-electron chi connectivity index (χ1n) is 18.4. The van der Waals surface area contributed by atoms with E-state index in [4.69, 9.17) is 0 Å². The monoisotopic (exact) mass is 708 g/mol. The fourth-order valence-electron chi connectivity index (χ4n) is 9.40. The Balaban J connectivity index is 0.972. The van der Waals surface area contributed by atoms with Crippen LogP contribution in [0.15, 0.2) is 158 Å². The van der Waals surface area contributed by atoms with Crippen LogP contribution in [0.25, 0.3) is 106 Å². The van der Waals surface area contributed by atoms with Crippen LogP contribution in [0.3, 0.4) is 0 Å². The summed E-state index contributed by atoms with van der Waals surface area (Å²) in [6.07, 6.45) is 0. The van der Waals surface area contributed by atoms with Gasteiger partial charge >= 0.3 is 0 Å². The summed E-state index contributed by atoms with van der Waals surface area (Å²) >= 11 is 3.84. The topological polar surface area (TPSA) is 0 Å². The van der Waals surface area contributed by atoms with Gasteiger partial charge in [0.2, 0.25) is 0 Å². The third-order valence-corrected chi connectivity index (χ3v) is 14.5. The first kappa shape index (κ1) is 29.7. The summed E-state index contributed by atoms with van der Waals surface area (Å²) in [6, 6.07) is 59.6. The summed E-state index contributed by atoms with van der Waals surface area (Å²) in [5.41, 5.74) is 10.5. The zero-order valence-corrected chi connectivity index (χ0v) is 31.0. The Labute approximate surface area is 315 Å². The van der Waals surface area contributed by atoms with E-state index in [0.29, 0.717) is 0 Å². The molecule has 0 nitrogen and oxygen atoms in total. The van der Waals surface area contributed by atoms with E-state index in [-0.39, 0.29) is 5.41 Å². The van der Waals surface area contributed by atoms with E-state index in [1.165, 1.54) is 117 Å². The van der Waals surface area contributed by atoms with Crippen LogP contribution in [-0.2, 0) is 5.41 Å². The van der Waals surface area contributed by atoms with Gasteiger partial charge in [-0.2, -0.15) is 0 Å². The van der Waals surface area contributed by atoms with E-state index in [9.17, 15) is 0 Å². The van der Waals surface area contributed by atoms with Crippen molar-refractivity contribution in [1.29, 1.82) is 0 Å². The van der Waals surface area contributed by atoms with E-state index in [2.05, 4.69) is 172 Å². The van der Waals surface area contributed by atoms with Gasteiger partial charge in [-0.25, -0.2) is 0 Å².